The van der Waals surface area contributed by atoms with Crippen molar-refractivity contribution in [1.29, 1.82) is 0 Å². The number of rotatable bonds is 2. The first-order chi connectivity index (χ1) is 7.81. The smallest absolute Gasteiger partial charge is 0.309 e. The Morgan fingerprint density at radius 1 is 1.31 bits per heavy atom. The highest BCUT2D eigenvalue weighted by Crippen LogP contribution is 2.26. The Morgan fingerprint density at radius 3 is 2.75 bits per heavy atom. The van der Waals surface area contributed by atoms with Crippen LogP contribution in [0.25, 0.3) is 0 Å². The van der Waals surface area contributed by atoms with Gasteiger partial charge in [-0.25, -0.2) is 0 Å². The van der Waals surface area contributed by atoms with Crippen molar-refractivity contribution in [1.82, 2.24) is 5.32 Å². The van der Waals surface area contributed by atoms with Crippen LogP contribution in [0.3, 0.4) is 0 Å². The van der Waals surface area contributed by atoms with Crippen molar-refractivity contribution in [3.8, 4) is 0 Å². The van der Waals surface area contributed by atoms with E-state index in [4.69, 9.17) is 4.74 Å². The van der Waals surface area contributed by atoms with Crippen molar-refractivity contribution < 1.29 is 9.53 Å². The van der Waals surface area contributed by atoms with E-state index in [1.54, 1.807) is 0 Å². The topological polar surface area (TPSA) is 38.3 Å². The summed E-state index contributed by atoms with van der Waals surface area (Å²) in [5.74, 6) is 0.302. The maximum atomic E-state index is 11.5. The molecule has 0 amide bonds. The molecule has 1 fully saturated rings. The minimum atomic E-state index is -0.104. The number of carbonyl (C=O) groups is 1. The number of carbonyl (C=O) groups excluding carboxylic acids is 1. The molecular weight excluding hydrogens is 202 g/mol. The molecule has 0 saturated carbocycles. The number of methoxy groups -OCH3 is 1. The first kappa shape index (κ1) is 11.1. The summed E-state index contributed by atoms with van der Waals surface area (Å²) in [6.45, 7) is 1.67. The summed E-state index contributed by atoms with van der Waals surface area (Å²) in [4.78, 5) is 11.5. The summed E-state index contributed by atoms with van der Waals surface area (Å²) >= 11 is 0. The van der Waals surface area contributed by atoms with E-state index in [2.05, 4.69) is 17.4 Å². The standard InChI is InChI=1S/C13H17NO2/c1-16-13(15)12-7-11(8-14-9-12)10-5-3-2-4-6-10/h2-6,11-12,14H,7-9H2,1H3/t11-,12-/m1/s1. The monoisotopic (exact) mass is 219 g/mol. The van der Waals surface area contributed by atoms with Crippen LogP contribution >= 0.6 is 0 Å². The van der Waals surface area contributed by atoms with Crippen molar-refractivity contribution in [3.63, 3.8) is 0 Å². The van der Waals surface area contributed by atoms with Gasteiger partial charge in [0.25, 0.3) is 0 Å². The third-order valence-electron chi connectivity index (χ3n) is 3.16. The molecule has 1 heterocycles. The quantitative estimate of drug-likeness (QED) is 0.767. The number of esters is 1. The molecule has 0 spiro atoms. The molecule has 1 aromatic carbocycles. The Balaban J connectivity index is 2.05. The summed E-state index contributed by atoms with van der Waals surface area (Å²) in [7, 11) is 1.45. The lowest BCUT2D eigenvalue weighted by atomic mass is 9.86. The fourth-order valence-electron chi connectivity index (χ4n) is 2.27. The Labute approximate surface area is 95.8 Å². The van der Waals surface area contributed by atoms with Crippen LogP contribution in [0.1, 0.15) is 17.9 Å². The average molecular weight is 219 g/mol. The van der Waals surface area contributed by atoms with E-state index in [1.807, 2.05) is 18.2 Å². The SMILES string of the molecule is COC(=O)[C@H]1CNC[C@H](c2ccccc2)C1. The highest BCUT2D eigenvalue weighted by atomic mass is 16.5. The van der Waals surface area contributed by atoms with Crippen molar-refractivity contribution >= 4 is 5.97 Å². The van der Waals surface area contributed by atoms with Gasteiger partial charge in [0, 0.05) is 13.1 Å². The van der Waals surface area contributed by atoms with Gasteiger partial charge in [-0.15, -0.1) is 0 Å². The molecule has 1 saturated heterocycles. The number of hydrogen-bond acceptors (Lipinski definition) is 3. The molecule has 0 aliphatic carbocycles. The average Bonchev–Trinajstić information content (AvgIpc) is 2.39. The van der Waals surface area contributed by atoms with Gasteiger partial charge >= 0.3 is 5.97 Å². The zero-order valence-corrected chi connectivity index (χ0v) is 9.48. The van der Waals surface area contributed by atoms with Gasteiger partial charge in [-0.1, -0.05) is 30.3 Å². The number of benzene rings is 1. The van der Waals surface area contributed by atoms with Crippen molar-refractivity contribution in [2.45, 2.75) is 12.3 Å². The number of nitrogens with one attached hydrogen (secondary N) is 1. The van der Waals surface area contributed by atoms with Crippen LogP contribution in [0.15, 0.2) is 30.3 Å². The highest BCUT2D eigenvalue weighted by Gasteiger charge is 2.28. The lowest BCUT2D eigenvalue weighted by Crippen LogP contribution is -2.39. The summed E-state index contributed by atoms with van der Waals surface area (Å²) in [5.41, 5.74) is 1.30. The molecule has 0 aromatic heterocycles. The summed E-state index contributed by atoms with van der Waals surface area (Å²) in [6.07, 6.45) is 0.879. The van der Waals surface area contributed by atoms with Gasteiger partial charge in [-0.3, -0.25) is 4.79 Å². The fourth-order valence-corrected chi connectivity index (χ4v) is 2.27. The van der Waals surface area contributed by atoms with E-state index in [0.29, 0.717) is 5.92 Å². The van der Waals surface area contributed by atoms with Gasteiger partial charge in [0.2, 0.25) is 0 Å². The normalized spacial score (nSPS) is 25.1. The van der Waals surface area contributed by atoms with Crippen LogP contribution < -0.4 is 5.32 Å². The predicted molar refractivity (Wildman–Crippen MR) is 62.2 cm³/mol. The molecule has 3 nitrogen and oxygen atoms in total. The predicted octanol–water partition coefficient (Wildman–Crippen LogP) is 1.55. The second-order valence-corrected chi connectivity index (χ2v) is 4.22. The summed E-state index contributed by atoms with van der Waals surface area (Å²) < 4.78 is 4.79. The van der Waals surface area contributed by atoms with E-state index in [0.717, 1.165) is 19.5 Å². The Hall–Kier alpha value is -1.35. The second-order valence-electron chi connectivity index (χ2n) is 4.22. The summed E-state index contributed by atoms with van der Waals surface area (Å²) in [5, 5.41) is 3.30. The third kappa shape index (κ3) is 2.42. The zero-order chi connectivity index (χ0) is 11.4. The lowest BCUT2D eigenvalue weighted by Gasteiger charge is -2.28. The van der Waals surface area contributed by atoms with E-state index < -0.39 is 0 Å². The largest absolute Gasteiger partial charge is 0.469 e. The van der Waals surface area contributed by atoms with Crippen molar-refractivity contribution in [3.05, 3.63) is 35.9 Å². The molecule has 1 aromatic rings. The van der Waals surface area contributed by atoms with Gasteiger partial charge in [0.15, 0.2) is 0 Å². The van der Waals surface area contributed by atoms with Crippen molar-refractivity contribution in [2.24, 2.45) is 5.92 Å². The first-order valence-electron chi connectivity index (χ1n) is 5.64. The van der Waals surface area contributed by atoms with Crippen molar-refractivity contribution in [2.75, 3.05) is 20.2 Å². The van der Waals surface area contributed by atoms with Gasteiger partial charge in [0.1, 0.15) is 0 Å². The molecule has 1 N–H and O–H groups in total. The minimum absolute atomic E-state index is 0.0102. The molecule has 86 valence electrons. The fraction of sp³-hybridized carbons (Fsp3) is 0.462. The maximum absolute atomic E-state index is 11.5. The zero-order valence-electron chi connectivity index (χ0n) is 9.48. The van der Waals surface area contributed by atoms with Gasteiger partial charge in [-0.05, 0) is 17.9 Å². The van der Waals surface area contributed by atoms with Crippen LogP contribution in [0.5, 0.6) is 0 Å². The van der Waals surface area contributed by atoms with E-state index in [-0.39, 0.29) is 11.9 Å². The summed E-state index contributed by atoms with van der Waals surface area (Å²) in [6, 6.07) is 10.3. The van der Waals surface area contributed by atoms with Crippen LogP contribution in [0.2, 0.25) is 0 Å². The molecule has 0 radical (unpaired) electrons. The lowest BCUT2D eigenvalue weighted by molar-refractivity contribution is -0.146. The molecule has 1 aliphatic heterocycles. The number of piperidine rings is 1. The second kappa shape index (κ2) is 5.12. The van der Waals surface area contributed by atoms with E-state index in [9.17, 15) is 4.79 Å². The third-order valence-corrected chi connectivity index (χ3v) is 3.16. The first-order valence-corrected chi connectivity index (χ1v) is 5.64. The van der Waals surface area contributed by atoms with Gasteiger partial charge in [0.05, 0.1) is 13.0 Å². The molecule has 2 rings (SSSR count). The van der Waals surface area contributed by atoms with Crippen LogP contribution in [-0.2, 0) is 9.53 Å². The molecule has 0 bridgehead atoms. The number of ether oxygens (including phenoxy) is 1. The van der Waals surface area contributed by atoms with Crippen LogP contribution in [0.4, 0.5) is 0 Å². The Morgan fingerprint density at radius 2 is 2.06 bits per heavy atom. The molecule has 16 heavy (non-hydrogen) atoms. The molecule has 0 unspecified atom stereocenters. The van der Waals surface area contributed by atoms with E-state index >= 15 is 0 Å². The van der Waals surface area contributed by atoms with Gasteiger partial charge < -0.3 is 10.1 Å². The van der Waals surface area contributed by atoms with E-state index in [1.165, 1.54) is 12.7 Å². The molecule has 1 aliphatic rings. The number of hydrogen-bond donors (Lipinski definition) is 1. The molecule has 2 atom stereocenters. The van der Waals surface area contributed by atoms with Crippen LogP contribution in [-0.4, -0.2) is 26.2 Å². The Kier molecular flexibility index (Phi) is 3.57. The Bertz CT molecular complexity index is 350. The minimum Gasteiger partial charge on any atom is -0.469 e. The highest BCUT2D eigenvalue weighted by molar-refractivity contribution is 5.72. The van der Waals surface area contributed by atoms with Crippen LogP contribution in [0, 0.1) is 5.92 Å². The van der Waals surface area contributed by atoms with Gasteiger partial charge in [-0.2, -0.15) is 0 Å². The molecular formula is C13H17NO2. The maximum Gasteiger partial charge on any atom is 0.309 e. The molecule has 3 heteroatoms.